The highest BCUT2D eigenvalue weighted by atomic mass is 15.4. The predicted octanol–water partition coefficient (Wildman–Crippen LogP) is 1.72. The summed E-state index contributed by atoms with van der Waals surface area (Å²) in [5, 5.41) is 0. The lowest BCUT2D eigenvalue weighted by Crippen LogP contribution is -2.37. The van der Waals surface area contributed by atoms with Gasteiger partial charge in [-0.05, 0) is 30.5 Å². The van der Waals surface area contributed by atoms with Crippen LogP contribution in [0.3, 0.4) is 0 Å². The summed E-state index contributed by atoms with van der Waals surface area (Å²) in [5.41, 5.74) is 1.30. The van der Waals surface area contributed by atoms with Crippen LogP contribution in [0.1, 0.15) is 18.4 Å². The second-order valence-corrected chi connectivity index (χ2v) is 5.79. The Morgan fingerprint density at radius 1 is 1.00 bits per heavy atom. The first-order valence-corrected chi connectivity index (χ1v) is 7.58. The first-order valence-electron chi connectivity index (χ1n) is 7.58. The topological polar surface area (TPSA) is 45.2 Å². The maximum absolute atomic E-state index is 4.42. The molecule has 2 saturated heterocycles. The molecule has 4 rings (SSSR count). The zero-order chi connectivity index (χ0) is 14.1. The second kappa shape index (κ2) is 5.41. The molecule has 0 aromatic carbocycles. The van der Waals surface area contributed by atoms with Gasteiger partial charge in [0.1, 0.15) is 0 Å². The summed E-state index contributed by atoms with van der Waals surface area (Å²) < 4.78 is 0. The van der Waals surface area contributed by atoms with Crippen LogP contribution in [0.5, 0.6) is 0 Å². The molecule has 0 saturated carbocycles. The van der Waals surface area contributed by atoms with Crippen molar-refractivity contribution in [1.82, 2.24) is 19.9 Å². The highest BCUT2D eigenvalue weighted by Gasteiger charge is 2.43. The number of hydrogen-bond donors (Lipinski definition) is 0. The van der Waals surface area contributed by atoms with E-state index in [1.165, 1.54) is 18.4 Å². The van der Waals surface area contributed by atoms with Gasteiger partial charge in [0.05, 0.1) is 0 Å². The van der Waals surface area contributed by atoms with Crippen molar-refractivity contribution < 1.29 is 0 Å². The summed E-state index contributed by atoms with van der Waals surface area (Å²) in [4.78, 5) is 18.0. The molecule has 2 aromatic rings. The molecule has 0 spiro atoms. The van der Waals surface area contributed by atoms with Crippen molar-refractivity contribution in [1.29, 1.82) is 0 Å². The van der Waals surface area contributed by atoms with Crippen LogP contribution >= 0.6 is 0 Å². The minimum absolute atomic E-state index is 0.559. The molecule has 5 heteroatoms. The van der Waals surface area contributed by atoms with Gasteiger partial charge in [-0.15, -0.1) is 0 Å². The van der Waals surface area contributed by atoms with Gasteiger partial charge >= 0.3 is 0 Å². The van der Waals surface area contributed by atoms with Gasteiger partial charge in [0.25, 0.3) is 0 Å². The van der Waals surface area contributed by atoms with Crippen molar-refractivity contribution in [2.45, 2.75) is 31.5 Å². The van der Waals surface area contributed by atoms with Gasteiger partial charge < -0.3 is 4.90 Å². The van der Waals surface area contributed by atoms with Gasteiger partial charge in [-0.25, -0.2) is 9.97 Å². The SMILES string of the molecule is c1cnc(N2CC[C@@H]3[C@@H]2CCN3Cc2cccnc2)nc1. The van der Waals surface area contributed by atoms with E-state index in [1.54, 1.807) is 0 Å². The van der Waals surface area contributed by atoms with Crippen molar-refractivity contribution in [3.8, 4) is 0 Å². The Morgan fingerprint density at radius 3 is 2.67 bits per heavy atom. The normalized spacial score (nSPS) is 25.2. The number of fused-ring (bicyclic) bond motifs is 1. The highest BCUT2D eigenvalue weighted by molar-refractivity contribution is 5.35. The molecule has 0 unspecified atom stereocenters. The van der Waals surface area contributed by atoms with E-state index in [0.717, 1.165) is 25.6 Å². The molecule has 2 fully saturated rings. The molecule has 2 aliphatic rings. The molecular weight excluding hydrogens is 262 g/mol. The Hall–Kier alpha value is -2.01. The third-order valence-electron chi connectivity index (χ3n) is 4.61. The van der Waals surface area contributed by atoms with Crippen molar-refractivity contribution in [3.05, 3.63) is 48.5 Å². The minimum Gasteiger partial charge on any atom is -0.336 e. The number of hydrogen-bond acceptors (Lipinski definition) is 5. The van der Waals surface area contributed by atoms with Crippen LogP contribution in [0, 0.1) is 0 Å². The van der Waals surface area contributed by atoms with E-state index in [4.69, 9.17) is 0 Å². The molecular formula is C16H19N5. The lowest BCUT2D eigenvalue weighted by molar-refractivity contribution is 0.245. The van der Waals surface area contributed by atoms with E-state index < -0.39 is 0 Å². The standard InChI is InChI=1S/C16H19N5/c1-3-13(11-17-6-1)12-20-9-4-15-14(20)5-10-21(15)16-18-7-2-8-19-16/h1-3,6-8,11,14-15H,4-5,9-10,12H2/t14-,15+/m1/s1. The van der Waals surface area contributed by atoms with Crippen LogP contribution in [-0.2, 0) is 6.54 Å². The van der Waals surface area contributed by atoms with E-state index in [-0.39, 0.29) is 0 Å². The predicted molar refractivity (Wildman–Crippen MR) is 80.8 cm³/mol. The molecule has 5 nitrogen and oxygen atoms in total. The summed E-state index contributed by atoms with van der Waals surface area (Å²) in [6.45, 7) is 3.20. The third-order valence-corrected chi connectivity index (χ3v) is 4.61. The van der Waals surface area contributed by atoms with Gasteiger partial charge in [-0.3, -0.25) is 9.88 Å². The molecule has 0 radical (unpaired) electrons. The molecule has 2 atom stereocenters. The Morgan fingerprint density at radius 2 is 1.86 bits per heavy atom. The van der Waals surface area contributed by atoms with Crippen molar-refractivity contribution in [3.63, 3.8) is 0 Å². The quantitative estimate of drug-likeness (QED) is 0.857. The van der Waals surface area contributed by atoms with Crippen LogP contribution in [0.2, 0.25) is 0 Å². The molecule has 2 aliphatic heterocycles. The van der Waals surface area contributed by atoms with Gasteiger partial charge in [0.15, 0.2) is 0 Å². The largest absolute Gasteiger partial charge is 0.336 e. The van der Waals surface area contributed by atoms with Gasteiger partial charge in [0.2, 0.25) is 5.95 Å². The zero-order valence-electron chi connectivity index (χ0n) is 12.0. The van der Waals surface area contributed by atoms with E-state index >= 15 is 0 Å². The molecule has 21 heavy (non-hydrogen) atoms. The first kappa shape index (κ1) is 12.7. The fraction of sp³-hybridized carbons (Fsp3) is 0.438. The van der Waals surface area contributed by atoms with E-state index in [2.05, 4.69) is 30.8 Å². The number of nitrogens with zero attached hydrogens (tertiary/aromatic N) is 5. The summed E-state index contributed by atoms with van der Waals surface area (Å²) in [6.07, 6.45) is 9.86. The smallest absolute Gasteiger partial charge is 0.225 e. The second-order valence-electron chi connectivity index (χ2n) is 5.79. The van der Waals surface area contributed by atoms with Crippen LogP contribution in [-0.4, -0.2) is 45.0 Å². The average molecular weight is 281 g/mol. The molecule has 0 bridgehead atoms. The summed E-state index contributed by atoms with van der Waals surface area (Å²) in [7, 11) is 0. The van der Waals surface area contributed by atoms with Gasteiger partial charge in [0, 0.05) is 56.5 Å². The van der Waals surface area contributed by atoms with Crippen molar-refractivity contribution in [2.75, 3.05) is 18.0 Å². The molecule has 4 heterocycles. The van der Waals surface area contributed by atoms with Crippen LogP contribution in [0.25, 0.3) is 0 Å². The average Bonchev–Trinajstić information content (AvgIpc) is 3.12. The van der Waals surface area contributed by atoms with Crippen molar-refractivity contribution in [2.24, 2.45) is 0 Å². The summed E-state index contributed by atoms with van der Waals surface area (Å²) >= 11 is 0. The van der Waals surface area contributed by atoms with E-state index in [1.807, 2.05) is 36.9 Å². The number of anilines is 1. The Balaban J connectivity index is 1.49. The van der Waals surface area contributed by atoms with Crippen LogP contribution < -0.4 is 4.90 Å². The minimum atomic E-state index is 0.559. The monoisotopic (exact) mass is 281 g/mol. The van der Waals surface area contributed by atoms with E-state index in [9.17, 15) is 0 Å². The highest BCUT2D eigenvalue weighted by Crippen LogP contribution is 2.34. The maximum atomic E-state index is 4.42. The lowest BCUT2D eigenvalue weighted by atomic mass is 10.1. The zero-order valence-corrected chi connectivity index (χ0v) is 12.0. The number of pyridine rings is 1. The molecule has 108 valence electrons. The molecule has 0 aliphatic carbocycles. The number of likely N-dealkylation sites (tertiary alicyclic amines) is 1. The fourth-order valence-corrected chi connectivity index (χ4v) is 3.69. The first-order chi connectivity index (χ1) is 10.4. The maximum Gasteiger partial charge on any atom is 0.225 e. The van der Waals surface area contributed by atoms with Crippen LogP contribution in [0.4, 0.5) is 5.95 Å². The van der Waals surface area contributed by atoms with Gasteiger partial charge in [-0.1, -0.05) is 6.07 Å². The summed E-state index contributed by atoms with van der Waals surface area (Å²) in [6, 6.07) is 7.23. The van der Waals surface area contributed by atoms with Crippen LogP contribution in [0.15, 0.2) is 43.0 Å². The number of rotatable bonds is 3. The Bertz CT molecular complexity index is 588. The Labute approximate surface area is 124 Å². The fourth-order valence-electron chi connectivity index (χ4n) is 3.69. The molecule has 0 N–H and O–H groups in total. The van der Waals surface area contributed by atoms with Crippen molar-refractivity contribution >= 4 is 5.95 Å². The molecule has 2 aromatic heterocycles. The lowest BCUT2D eigenvalue weighted by Gasteiger charge is -2.25. The number of aromatic nitrogens is 3. The Kier molecular flexibility index (Phi) is 3.27. The van der Waals surface area contributed by atoms with E-state index in [0.29, 0.717) is 12.1 Å². The van der Waals surface area contributed by atoms with Gasteiger partial charge in [-0.2, -0.15) is 0 Å². The summed E-state index contributed by atoms with van der Waals surface area (Å²) in [5.74, 6) is 0.883. The third kappa shape index (κ3) is 2.38. The molecule has 0 amide bonds.